The van der Waals surface area contributed by atoms with Crippen LogP contribution in [0.3, 0.4) is 0 Å². The molecule has 0 fully saturated rings. The number of nitrogens with zero attached hydrogens (tertiary/aromatic N) is 1. The van der Waals surface area contributed by atoms with Crippen molar-refractivity contribution < 1.29 is 17.2 Å². The van der Waals surface area contributed by atoms with E-state index in [2.05, 4.69) is 4.72 Å². The van der Waals surface area contributed by atoms with Crippen molar-refractivity contribution in [1.29, 1.82) is 0 Å². The van der Waals surface area contributed by atoms with Gasteiger partial charge in [-0.15, -0.1) is 0 Å². The van der Waals surface area contributed by atoms with Crippen LogP contribution in [-0.2, 0) is 16.8 Å². The van der Waals surface area contributed by atoms with Crippen LogP contribution in [0.1, 0.15) is 5.56 Å². The molecular formula is C9H12F2N2O2S. The molecule has 0 aliphatic rings. The molecular weight excluding hydrogens is 238 g/mol. The molecule has 0 radical (unpaired) electrons. The van der Waals surface area contributed by atoms with Crippen LogP contribution in [0.15, 0.2) is 18.2 Å². The van der Waals surface area contributed by atoms with Crippen molar-refractivity contribution in [2.24, 2.45) is 0 Å². The highest BCUT2D eigenvalue weighted by molar-refractivity contribution is 7.87. The lowest BCUT2D eigenvalue weighted by Crippen LogP contribution is -2.35. The number of halogens is 2. The number of benzene rings is 1. The van der Waals surface area contributed by atoms with Gasteiger partial charge in [-0.05, 0) is 18.2 Å². The summed E-state index contributed by atoms with van der Waals surface area (Å²) < 4.78 is 51.6. The highest BCUT2D eigenvalue weighted by Crippen LogP contribution is 2.09. The van der Waals surface area contributed by atoms with Crippen LogP contribution in [0.5, 0.6) is 0 Å². The smallest absolute Gasteiger partial charge is 0.207 e. The molecule has 0 aliphatic carbocycles. The molecule has 0 amide bonds. The molecule has 1 rings (SSSR count). The Morgan fingerprint density at radius 2 is 1.94 bits per heavy atom. The van der Waals surface area contributed by atoms with E-state index >= 15 is 0 Å². The van der Waals surface area contributed by atoms with Gasteiger partial charge in [0.25, 0.3) is 10.2 Å². The van der Waals surface area contributed by atoms with Crippen LogP contribution in [0.4, 0.5) is 8.78 Å². The Morgan fingerprint density at radius 1 is 1.31 bits per heavy atom. The maximum atomic E-state index is 13.1. The SMILES string of the molecule is CN(C)S(=O)(=O)NCc1cc(F)ccc1F. The molecule has 0 atom stereocenters. The maximum absolute atomic E-state index is 13.1. The normalized spacial score (nSPS) is 12.1. The largest absolute Gasteiger partial charge is 0.279 e. The molecule has 0 aliphatic heterocycles. The summed E-state index contributed by atoms with van der Waals surface area (Å²) in [6, 6.07) is 2.88. The Kier molecular flexibility index (Phi) is 3.95. The molecule has 1 aromatic carbocycles. The summed E-state index contributed by atoms with van der Waals surface area (Å²) in [5, 5.41) is 0. The summed E-state index contributed by atoms with van der Waals surface area (Å²) in [6.07, 6.45) is 0. The fourth-order valence-corrected chi connectivity index (χ4v) is 1.57. The molecule has 1 aromatic rings. The Labute approximate surface area is 93.1 Å². The zero-order chi connectivity index (χ0) is 12.3. The van der Waals surface area contributed by atoms with Crippen LogP contribution in [0.2, 0.25) is 0 Å². The minimum Gasteiger partial charge on any atom is -0.207 e. The van der Waals surface area contributed by atoms with Gasteiger partial charge in [0.05, 0.1) is 0 Å². The minimum atomic E-state index is -3.63. The van der Waals surface area contributed by atoms with Crippen LogP contribution < -0.4 is 4.72 Å². The van der Waals surface area contributed by atoms with Gasteiger partial charge in [-0.2, -0.15) is 17.4 Å². The summed E-state index contributed by atoms with van der Waals surface area (Å²) in [4.78, 5) is 0. The third-order valence-electron chi connectivity index (χ3n) is 1.93. The van der Waals surface area contributed by atoms with Gasteiger partial charge in [0.15, 0.2) is 0 Å². The lowest BCUT2D eigenvalue weighted by Gasteiger charge is -2.12. The van der Waals surface area contributed by atoms with E-state index in [1.54, 1.807) is 0 Å². The van der Waals surface area contributed by atoms with E-state index in [0.717, 1.165) is 22.5 Å². The Morgan fingerprint density at radius 3 is 2.50 bits per heavy atom. The lowest BCUT2D eigenvalue weighted by atomic mass is 10.2. The van der Waals surface area contributed by atoms with Crippen molar-refractivity contribution in [1.82, 2.24) is 9.03 Å². The standard InChI is InChI=1S/C9H12F2N2O2S/c1-13(2)16(14,15)12-6-7-5-8(10)3-4-9(7)11/h3-5,12H,6H2,1-2H3. The monoisotopic (exact) mass is 250 g/mol. The zero-order valence-corrected chi connectivity index (χ0v) is 9.68. The van der Waals surface area contributed by atoms with Crippen molar-refractivity contribution in [3.05, 3.63) is 35.4 Å². The topological polar surface area (TPSA) is 49.4 Å². The van der Waals surface area contributed by atoms with Gasteiger partial charge < -0.3 is 0 Å². The summed E-state index contributed by atoms with van der Waals surface area (Å²) in [7, 11) is -0.957. The first kappa shape index (κ1) is 13.0. The summed E-state index contributed by atoms with van der Waals surface area (Å²) >= 11 is 0. The number of nitrogens with one attached hydrogen (secondary N) is 1. The van der Waals surface area contributed by atoms with Gasteiger partial charge in [0.2, 0.25) is 0 Å². The van der Waals surface area contributed by atoms with E-state index in [1.807, 2.05) is 0 Å². The Bertz CT molecular complexity index is 474. The van der Waals surface area contributed by atoms with Crippen molar-refractivity contribution in [3.8, 4) is 0 Å². The second-order valence-corrected chi connectivity index (χ2v) is 5.31. The van der Waals surface area contributed by atoms with Crippen molar-refractivity contribution >= 4 is 10.2 Å². The number of hydrogen-bond donors (Lipinski definition) is 1. The average Bonchev–Trinajstić information content (AvgIpc) is 2.19. The fraction of sp³-hybridized carbons (Fsp3) is 0.333. The van der Waals surface area contributed by atoms with Gasteiger partial charge in [-0.3, -0.25) is 0 Å². The number of rotatable bonds is 4. The van der Waals surface area contributed by atoms with Gasteiger partial charge in [-0.25, -0.2) is 8.78 Å². The molecule has 0 heterocycles. The molecule has 0 aromatic heterocycles. The van der Waals surface area contributed by atoms with E-state index in [1.165, 1.54) is 14.1 Å². The van der Waals surface area contributed by atoms with Crippen LogP contribution in [0.25, 0.3) is 0 Å². The van der Waals surface area contributed by atoms with Gasteiger partial charge in [-0.1, -0.05) is 0 Å². The maximum Gasteiger partial charge on any atom is 0.279 e. The molecule has 16 heavy (non-hydrogen) atoms. The van der Waals surface area contributed by atoms with Gasteiger partial charge >= 0.3 is 0 Å². The summed E-state index contributed by atoms with van der Waals surface area (Å²) in [5.41, 5.74) is -0.0366. The van der Waals surface area contributed by atoms with Crippen molar-refractivity contribution in [2.75, 3.05) is 14.1 Å². The van der Waals surface area contributed by atoms with Crippen LogP contribution in [-0.4, -0.2) is 26.8 Å². The third-order valence-corrected chi connectivity index (χ3v) is 3.40. The molecule has 0 unspecified atom stereocenters. The predicted molar refractivity (Wildman–Crippen MR) is 55.8 cm³/mol. The first-order chi connectivity index (χ1) is 7.33. The molecule has 0 saturated carbocycles. The van der Waals surface area contributed by atoms with Crippen molar-refractivity contribution in [3.63, 3.8) is 0 Å². The highest BCUT2D eigenvalue weighted by Gasteiger charge is 2.13. The van der Waals surface area contributed by atoms with Gasteiger partial charge in [0.1, 0.15) is 11.6 Å². The molecule has 0 bridgehead atoms. The Balaban J connectivity index is 2.79. The van der Waals surface area contributed by atoms with Crippen LogP contribution >= 0.6 is 0 Å². The highest BCUT2D eigenvalue weighted by atomic mass is 32.2. The molecule has 4 nitrogen and oxygen atoms in total. The molecule has 90 valence electrons. The zero-order valence-electron chi connectivity index (χ0n) is 8.87. The summed E-state index contributed by atoms with van der Waals surface area (Å²) in [5.74, 6) is -1.26. The average molecular weight is 250 g/mol. The van der Waals surface area contributed by atoms with Crippen LogP contribution in [0, 0.1) is 11.6 Å². The van der Waals surface area contributed by atoms with E-state index in [9.17, 15) is 17.2 Å². The van der Waals surface area contributed by atoms with Gasteiger partial charge in [0, 0.05) is 26.2 Å². The first-order valence-corrected chi connectivity index (χ1v) is 5.88. The Hall–Kier alpha value is -1.05. The van der Waals surface area contributed by atoms with Crippen molar-refractivity contribution in [2.45, 2.75) is 6.54 Å². The number of hydrogen-bond acceptors (Lipinski definition) is 2. The lowest BCUT2D eigenvalue weighted by molar-refractivity contribution is 0.502. The second kappa shape index (κ2) is 4.86. The molecule has 0 spiro atoms. The molecule has 0 saturated heterocycles. The van der Waals surface area contributed by atoms with E-state index < -0.39 is 21.8 Å². The first-order valence-electron chi connectivity index (χ1n) is 4.44. The van der Waals surface area contributed by atoms with E-state index in [0.29, 0.717) is 0 Å². The minimum absolute atomic E-state index is 0.0366. The predicted octanol–water partition coefficient (Wildman–Crippen LogP) is 0.861. The fourth-order valence-electron chi connectivity index (χ4n) is 0.977. The third kappa shape index (κ3) is 3.22. The quantitative estimate of drug-likeness (QED) is 0.861. The molecule has 1 N–H and O–H groups in total. The summed E-state index contributed by atoms with van der Waals surface area (Å²) in [6.45, 7) is -0.288. The molecule has 7 heteroatoms. The van der Waals surface area contributed by atoms with E-state index in [-0.39, 0.29) is 12.1 Å². The van der Waals surface area contributed by atoms with E-state index in [4.69, 9.17) is 0 Å². The second-order valence-electron chi connectivity index (χ2n) is 3.34.